The molecule has 0 bridgehead atoms. The average molecular weight is 1370 g/mol. The lowest BCUT2D eigenvalue weighted by molar-refractivity contribution is 0.370. The fourth-order valence-corrected chi connectivity index (χ4v) is 20.8. The minimum absolute atomic E-state index is 0.196. The van der Waals surface area contributed by atoms with Gasteiger partial charge in [-0.3, -0.25) is 0 Å². The second-order valence-electron chi connectivity index (χ2n) is 23.6. The molecule has 0 aliphatic carbocycles. The highest BCUT2D eigenvalue weighted by Crippen LogP contribution is 2.41. The van der Waals surface area contributed by atoms with E-state index in [4.69, 9.17) is 0 Å². The van der Waals surface area contributed by atoms with Crippen LogP contribution >= 0.6 is 34.0 Å². The molecule has 0 saturated carbocycles. The molecular weight excluding hydrogens is 1300 g/mol. The summed E-state index contributed by atoms with van der Waals surface area (Å²) in [6.07, 6.45) is 15.8. The Morgan fingerprint density at radius 2 is 0.777 bits per heavy atom. The molecule has 480 valence electrons. The topological polar surface area (TPSA) is 178 Å². The molecule has 12 aromatic rings. The number of hydrogen-bond acceptors (Lipinski definition) is 16. The predicted octanol–water partition coefficient (Wildman–Crippen LogP) is 14.6. The SMILES string of the molecule is Cc1nc(-c2ccccc2)sc1S(=O)(=O)n1cc(C2=CCN(C)CC2)c2cc(F)ccc21.Cc1nc(-c2ccccc2)sc1S(=O)(=O)n1cc(C2=CCN(C)CC2)c2ccccc21.Cc1nc(-c2ccccc2)sc1S(=O)(=O)n1cc(C2=CCN(C)CC2)c2cccnc21. The maximum atomic E-state index is 14.1. The van der Waals surface area contributed by atoms with Crippen LogP contribution in [0.2, 0.25) is 0 Å². The molecule has 10 heterocycles. The van der Waals surface area contributed by atoms with Crippen molar-refractivity contribution in [3.05, 3.63) is 228 Å². The molecule has 0 fully saturated rings. The smallest absolute Gasteiger partial charge is 0.280 e. The number of benzene rings is 5. The lowest BCUT2D eigenvalue weighted by atomic mass is 9.99. The first-order valence-corrected chi connectivity index (χ1v) is 37.4. The number of aromatic nitrogens is 7. The molecule has 3 aliphatic rings. The molecule has 0 spiro atoms. The van der Waals surface area contributed by atoms with Gasteiger partial charge in [0.25, 0.3) is 30.1 Å². The van der Waals surface area contributed by atoms with Gasteiger partial charge in [0.1, 0.15) is 20.8 Å². The molecule has 0 N–H and O–H groups in total. The maximum Gasteiger partial charge on any atom is 0.280 e. The highest BCUT2D eigenvalue weighted by atomic mass is 32.3. The van der Waals surface area contributed by atoms with E-state index >= 15 is 0 Å². The van der Waals surface area contributed by atoms with Crippen molar-refractivity contribution >= 4 is 114 Å². The van der Waals surface area contributed by atoms with E-state index in [-0.39, 0.29) is 18.4 Å². The van der Waals surface area contributed by atoms with Gasteiger partial charge in [0, 0.05) is 114 Å². The Morgan fingerprint density at radius 1 is 0.415 bits per heavy atom. The molecule has 0 radical (unpaired) electrons. The van der Waals surface area contributed by atoms with Crippen molar-refractivity contribution in [1.29, 1.82) is 0 Å². The molecule has 0 atom stereocenters. The number of halogens is 1. The summed E-state index contributed by atoms with van der Waals surface area (Å²) in [6.45, 7) is 10.5. The van der Waals surface area contributed by atoms with Crippen molar-refractivity contribution in [3.8, 4) is 31.7 Å². The van der Waals surface area contributed by atoms with Crippen molar-refractivity contribution in [2.24, 2.45) is 0 Å². The Morgan fingerprint density at radius 3 is 1.20 bits per heavy atom. The van der Waals surface area contributed by atoms with E-state index < -0.39 is 30.1 Å². The summed E-state index contributed by atoms with van der Waals surface area (Å²) >= 11 is 3.58. The van der Waals surface area contributed by atoms with E-state index in [9.17, 15) is 29.6 Å². The molecule has 0 amide bonds. The first-order chi connectivity index (χ1) is 45.2. The van der Waals surface area contributed by atoms with Crippen molar-refractivity contribution < 1.29 is 29.6 Å². The number of pyridine rings is 1. The fourth-order valence-electron chi connectivity index (χ4n) is 12.0. The summed E-state index contributed by atoms with van der Waals surface area (Å²) in [5, 5.41) is 4.49. The van der Waals surface area contributed by atoms with Gasteiger partial charge in [0.15, 0.2) is 18.3 Å². The Labute approximate surface area is 558 Å². The molecule has 0 saturated heterocycles. The van der Waals surface area contributed by atoms with Crippen LogP contribution in [0.15, 0.2) is 201 Å². The van der Waals surface area contributed by atoms with Gasteiger partial charge < -0.3 is 14.7 Å². The van der Waals surface area contributed by atoms with Crippen LogP contribution in [-0.4, -0.2) is 132 Å². The maximum absolute atomic E-state index is 14.1. The lowest BCUT2D eigenvalue weighted by Crippen LogP contribution is -2.23. The molecule has 3 aliphatic heterocycles. The largest absolute Gasteiger partial charge is 0.302 e. The summed E-state index contributed by atoms with van der Waals surface area (Å²) < 4.78 is 101. The number of aryl methyl sites for hydroxylation is 3. The van der Waals surface area contributed by atoms with E-state index in [0.29, 0.717) is 54.2 Å². The van der Waals surface area contributed by atoms with Gasteiger partial charge in [-0.25, -0.2) is 36.2 Å². The van der Waals surface area contributed by atoms with Crippen LogP contribution in [0, 0.1) is 26.6 Å². The highest BCUT2D eigenvalue weighted by Gasteiger charge is 2.32. The van der Waals surface area contributed by atoms with E-state index in [1.165, 1.54) is 58.4 Å². The number of thiazole rings is 3. The van der Waals surface area contributed by atoms with Crippen molar-refractivity contribution in [2.75, 3.05) is 60.4 Å². The zero-order valence-corrected chi connectivity index (χ0v) is 57.4. The number of fused-ring (bicyclic) bond motifs is 3. The summed E-state index contributed by atoms with van der Waals surface area (Å²) in [6, 6.07) is 44.7. The molecule has 0 unspecified atom stereocenters. The van der Waals surface area contributed by atoms with Gasteiger partial charge in [0.2, 0.25) is 0 Å². The van der Waals surface area contributed by atoms with Crippen molar-refractivity contribution in [3.63, 3.8) is 0 Å². The molecule has 94 heavy (non-hydrogen) atoms. The van der Waals surface area contributed by atoms with Gasteiger partial charge in [-0.2, -0.15) is 25.3 Å². The minimum atomic E-state index is -3.91. The third-order valence-corrected chi connectivity index (χ3v) is 27.4. The monoisotopic (exact) mass is 1370 g/mol. The van der Waals surface area contributed by atoms with Gasteiger partial charge in [-0.1, -0.05) is 127 Å². The zero-order chi connectivity index (χ0) is 65.6. The average Bonchev–Trinajstić information content (AvgIpc) is 1.61. The van der Waals surface area contributed by atoms with Crippen LogP contribution in [0.3, 0.4) is 0 Å². The van der Waals surface area contributed by atoms with Crippen molar-refractivity contribution in [1.82, 2.24) is 46.6 Å². The van der Waals surface area contributed by atoms with Gasteiger partial charge in [-0.05, 0) is 114 Å². The summed E-state index contributed by atoms with van der Waals surface area (Å²) in [4.78, 5) is 24.7. The third-order valence-electron chi connectivity index (χ3n) is 17.0. The van der Waals surface area contributed by atoms with Crippen LogP contribution in [0.25, 0.3) is 81.3 Å². The number of likely N-dealkylation sites (N-methyl/N-ethyl adjacent to an activating group) is 3. The molecule has 15 rings (SSSR count). The second-order valence-corrected chi connectivity index (χ2v) is 32.6. The molecule has 23 heteroatoms. The summed E-state index contributed by atoms with van der Waals surface area (Å²) in [5.74, 6) is -0.386. The Hall–Kier alpha value is -8.36. The first-order valence-electron chi connectivity index (χ1n) is 30.6. The van der Waals surface area contributed by atoms with Gasteiger partial charge in [0.05, 0.1) is 28.1 Å². The van der Waals surface area contributed by atoms with Crippen molar-refractivity contribution in [2.45, 2.75) is 52.7 Å². The summed E-state index contributed by atoms with van der Waals surface area (Å²) in [7, 11) is -5.31. The predicted molar refractivity (Wildman–Crippen MR) is 378 cm³/mol. The molecule has 16 nitrogen and oxygen atoms in total. The van der Waals surface area contributed by atoms with E-state index in [1.54, 1.807) is 45.6 Å². The number of nitrogens with zero attached hydrogens (tertiary/aromatic N) is 10. The number of hydrogen-bond donors (Lipinski definition) is 0. The Kier molecular flexibility index (Phi) is 18.1. The summed E-state index contributed by atoms with van der Waals surface area (Å²) in [5.41, 5.74) is 11.9. The normalized spacial score (nSPS) is 15.3. The first kappa shape index (κ1) is 64.4. The van der Waals surface area contributed by atoms with Crippen LogP contribution < -0.4 is 0 Å². The Bertz CT molecular complexity index is 5080. The van der Waals surface area contributed by atoms with Gasteiger partial charge in [-0.15, -0.1) is 34.0 Å². The zero-order valence-electron chi connectivity index (χ0n) is 52.5. The van der Waals surface area contributed by atoms with E-state index in [0.717, 1.165) is 125 Å². The van der Waals surface area contributed by atoms with E-state index in [2.05, 4.69) is 67.0 Å². The fraction of sp³-hybridized carbons (Fsp3) is 0.211. The number of para-hydroxylation sites is 1. The Balaban J connectivity index is 0.000000128. The van der Waals surface area contributed by atoms with Crippen LogP contribution in [0.5, 0.6) is 0 Å². The van der Waals surface area contributed by atoms with Crippen LogP contribution in [0.1, 0.15) is 53.0 Å². The second kappa shape index (κ2) is 26.4. The standard InChI is InChI=1S/C24H22FN3O2S2.C24H23N3O2S2.C23H22N4O2S2/c1-16-24(31-23(26-16)18-6-4-3-5-7-18)32(29,30)28-15-21(17-10-12-27(2)13-11-17)20-14-19(25)8-9-22(20)28;1-17-24(30-23(25-17)19-8-4-3-5-9-19)31(28,29)27-16-21(18-12-14-26(2)15-13-18)20-10-6-7-11-22(20)27;1-16-23(30-22(25-16)18-7-4-3-5-8-18)31(28,29)27-15-20(17-10-13-26(2)14-11-17)19-9-6-12-24-21(19)27/h3-10,14-15H,11-13H2,1-2H3;3-12,16H,13-15H2,1-2H3;3-10,12,15H,11,13-14H2,1-2H3. The molecular formula is C71H67FN10O6S6. The minimum Gasteiger partial charge on any atom is -0.302 e. The molecule has 5 aromatic carbocycles. The van der Waals surface area contributed by atoms with Gasteiger partial charge >= 0.3 is 0 Å². The lowest BCUT2D eigenvalue weighted by Gasteiger charge is -2.21. The number of rotatable bonds is 12. The van der Waals surface area contributed by atoms with Crippen LogP contribution in [-0.2, 0) is 30.1 Å². The van der Waals surface area contributed by atoms with Crippen LogP contribution in [0.4, 0.5) is 4.39 Å². The van der Waals surface area contributed by atoms with E-state index in [1.807, 2.05) is 134 Å². The highest BCUT2D eigenvalue weighted by molar-refractivity contribution is 7.93. The molecule has 7 aromatic heterocycles. The third kappa shape index (κ3) is 12.6. The quantitative estimate of drug-likeness (QED) is 0.113.